The van der Waals surface area contributed by atoms with Crippen LogP contribution in [0, 0.1) is 10.1 Å². The van der Waals surface area contributed by atoms with Crippen molar-refractivity contribution in [3.63, 3.8) is 0 Å². The highest BCUT2D eigenvalue weighted by Gasteiger charge is 2.36. The number of benzene rings is 1. The lowest BCUT2D eigenvalue weighted by molar-refractivity contribution is -0.384. The summed E-state index contributed by atoms with van der Waals surface area (Å²) in [5.41, 5.74) is 0.749. The fourth-order valence-electron chi connectivity index (χ4n) is 1.94. The van der Waals surface area contributed by atoms with Gasteiger partial charge < -0.3 is 4.74 Å². The van der Waals surface area contributed by atoms with Crippen LogP contribution in [0.25, 0.3) is 0 Å². The van der Waals surface area contributed by atoms with Gasteiger partial charge in [-0.2, -0.15) is 0 Å². The second-order valence-corrected chi connectivity index (χ2v) is 6.71. The maximum Gasteiger partial charge on any atom is 0.269 e. The SMILES string of the molecule is C=CC1CC(c2ccc([N+](=O)[O-])cc2)OC(C(Cl)(Cl)Cl)=N1. The summed E-state index contributed by atoms with van der Waals surface area (Å²) >= 11 is 17.4. The van der Waals surface area contributed by atoms with Crippen LogP contribution in [0.4, 0.5) is 5.69 Å². The molecule has 0 spiro atoms. The van der Waals surface area contributed by atoms with E-state index in [0.29, 0.717) is 6.42 Å². The molecule has 2 atom stereocenters. The average molecular weight is 350 g/mol. The van der Waals surface area contributed by atoms with Gasteiger partial charge in [-0.1, -0.05) is 40.9 Å². The van der Waals surface area contributed by atoms with Gasteiger partial charge in [0.05, 0.1) is 11.0 Å². The van der Waals surface area contributed by atoms with E-state index in [0.717, 1.165) is 5.56 Å². The van der Waals surface area contributed by atoms with Gasteiger partial charge in [-0.25, -0.2) is 4.99 Å². The van der Waals surface area contributed by atoms with Crippen molar-refractivity contribution in [2.24, 2.45) is 4.99 Å². The number of nitro benzene ring substituents is 1. The zero-order chi connectivity index (χ0) is 15.6. The molecular formula is C13H11Cl3N2O3. The van der Waals surface area contributed by atoms with Crippen molar-refractivity contribution in [3.05, 3.63) is 52.6 Å². The molecule has 1 heterocycles. The van der Waals surface area contributed by atoms with Gasteiger partial charge >= 0.3 is 0 Å². The van der Waals surface area contributed by atoms with Crippen LogP contribution in [0.1, 0.15) is 18.1 Å². The van der Waals surface area contributed by atoms with E-state index in [1.165, 1.54) is 12.1 Å². The molecule has 0 aromatic heterocycles. The predicted molar refractivity (Wildman–Crippen MR) is 83.2 cm³/mol. The molecule has 5 nitrogen and oxygen atoms in total. The van der Waals surface area contributed by atoms with Crippen LogP contribution in [0.15, 0.2) is 41.9 Å². The fourth-order valence-corrected chi connectivity index (χ4v) is 2.22. The maximum absolute atomic E-state index is 10.7. The van der Waals surface area contributed by atoms with Crippen LogP contribution in [0.2, 0.25) is 0 Å². The summed E-state index contributed by atoms with van der Waals surface area (Å²) in [5, 5.41) is 10.7. The molecule has 1 aromatic rings. The Morgan fingerprint density at radius 2 is 2.00 bits per heavy atom. The Morgan fingerprint density at radius 3 is 2.48 bits per heavy atom. The van der Waals surface area contributed by atoms with Crippen LogP contribution < -0.4 is 0 Å². The fraction of sp³-hybridized carbons (Fsp3) is 0.308. The Bertz CT molecular complexity index is 581. The topological polar surface area (TPSA) is 64.7 Å². The highest BCUT2D eigenvalue weighted by Crippen LogP contribution is 2.37. The van der Waals surface area contributed by atoms with Gasteiger partial charge in [-0.3, -0.25) is 10.1 Å². The Hall–Kier alpha value is -1.30. The van der Waals surface area contributed by atoms with E-state index in [1.807, 2.05) is 0 Å². The minimum atomic E-state index is -1.76. The summed E-state index contributed by atoms with van der Waals surface area (Å²) in [6.45, 7) is 3.69. The first-order valence-corrected chi connectivity index (χ1v) is 7.13. The highest BCUT2D eigenvalue weighted by atomic mass is 35.6. The van der Waals surface area contributed by atoms with Crippen molar-refractivity contribution in [3.8, 4) is 0 Å². The molecule has 1 aliphatic heterocycles. The van der Waals surface area contributed by atoms with Crippen LogP contribution in [-0.2, 0) is 4.74 Å². The van der Waals surface area contributed by atoms with Gasteiger partial charge in [0.2, 0.25) is 5.90 Å². The van der Waals surface area contributed by atoms with Crippen LogP contribution >= 0.6 is 34.8 Å². The summed E-state index contributed by atoms with van der Waals surface area (Å²) in [6.07, 6.45) is 1.75. The van der Waals surface area contributed by atoms with E-state index in [9.17, 15) is 10.1 Å². The number of ether oxygens (including phenoxy) is 1. The van der Waals surface area contributed by atoms with Gasteiger partial charge in [0.15, 0.2) is 0 Å². The molecular weight excluding hydrogens is 339 g/mol. The number of nitrogens with zero attached hydrogens (tertiary/aromatic N) is 2. The number of non-ortho nitro benzene ring substituents is 1. The Kier molecular flexibility index (Phi) is 4.76. The highest BCUT2D eigenvalue weighted by molar-refractivity contribution is 6.76. The molecule has 0 N–H and O–H groups in total. The number of hydrogen-bond acceptors (Lipinski definition) is 4. The first-order valence-electron chi connectivity index (χ1n) is 6.00. The average Bonchev–Trinajstić information content (AvgIpc) is 2.46. The van der Waals surface area contributed by atoms with Crippen molar-refractivity contribution in [1.82, 2.24) is 0 Å². The van der Waals surface area contributed by atoms with Crippen LogP contribution in [0.3, 0.4) is 0 Å². The van der Waals surface area contributed by atoms with Crippen molar-refractivity contribution in [1.29, 1.82) is 0 Å². The van der Waals surface area contributed by atoms with Crippen molar-refractivity contribution in [2.45, 2.75) is 22.4 Å². The van der Waals surface area contributed by atoms with Crippen LogP contribution in [-0.4, -0.2) is 20.7 Å². The smallest absolute Gasteiger partial charge is 0.269 e. The summed E-state index contributed by atoms with van der Waals surface area (Å²) < 4.78 is 3.84. The third-order valence-corrected chi connectivity index (χ3v) is 3.47. The van der Waals surface area contributed by atoms with Gasteiger partial charge in [-0.05, 0) is 17.7 Å². The molecule has 1 aromatic carbocycles. The van der Waals surface area contributed by atoms with Crippen LogP contribution in [0.5, 0.6) is 0 Å². The number of alkyl halides is 3. The van der Waals surface area contributed by atoms with E-state index in [4.69, 9.17) is 39.5 Å². The van der Waals surface area contributed by atoms with E-state index in [2.05, 4.69) is 11.6 Å². The normalized spacial score (nSPS) is 22.1. The molecule has 8 heteroatoms. The molecule has 0 fully saturated rings. The molecule has 2 rings (SSSR count). The summed E-state index contributed by atoms with van der Waals surface area (Å²) in [7, 11) is 0. The van der Waals surface area contributed by atoms with E-state index in [1.54, 1.807) is 18.2 Å². The number of rotatable bonds is 3. The third-order valence-electron chi connectivity index (χ3n) is 2.98. The zero-order valence-electron chi connectivity index (χ0n) is 10.7. The predicted octanol–water partition coefficient (Wildman–Crippen LogP) is 4.38. The lowest BCUT2D eigenvalue weighted by atomic mass is 10.0. The molecule has 0 amide bonds. The summed E-state index contributed by atoms with van der Waals surface area (Å²) in [5.74, 6) is -0.00740. The quantitative estimate of drug-likeness (QED) is 0.352. The Balaban J connectivity index is 2.26. The lowest BCUT2D eigenvalue weighted by Gasteiger charge is -2.30. The molecule has 0 saturated carbocycles. The monoisotopic (exact) mass is 348 g/mol. The van der Waals surface area contributed by atoms with E-state index >= 15 is 0 Å². The molecule has 0 bridgehead atoms. The Morgan fingerprint density at radius 1 is 1.38 bits per heavy atom. The number of nitro groups is 1. The maximum atomic E-state index is 10.7. The van der Waals surface area contributed by atoms with Gasteiger partial charge in [0.1, 0.15) is 6.10 Å². The van der Waals surface area contributed by atoms with Gasteiger partial charge in [-0.15, -0.1) is 6.58 Å². The second kappa shape index (κ2) is 6.22. The Labute approximate surface area is 136 Å². The number of halogens is 3. The van der Waals surface area contributed by atoms with E-state index < -0.39 is 14.8 Å². The van der Waals surface area contributed by atoms with Gasteiger partial charge in [0, 0.05) is 18.6 Å². The molecule has 0 saturated heterocycles. The van der Waals surface area contributed by atoms with Gasteiger partial charge in [0.25, 0.3) is 9.48 Å². The van der Waals surface area contributed by atoms with Crippen molar-refractivity contribution >= 4 is 46.4 Å². The lowest BCUT2D eigenvalue weighted by Crippen LogP contribution is -2.31. The molecule has 112 valence electrons. The molecule has 21 heavy (non-hydrogen) atoms. The summed E-state index contributed by atoms with van der Waals surface area (Å²) in [4.78, 5) is 14.4. The number of hydrogen-bond donors (Lipinski definition) is 0. The van der Waals surface area contributed by atoms with Crippen molar-refractivity contribution in [2.75, 3.05) is 0 Å². The first-order chi connectivity index (χ1) is 9.81. The van der Waals surface area contributed by atoms with E-state index in [-0.39, 0.29) is 17.6 Å². The number of aliphatic imine (C=N–C) groups is 1. The minimum absolute atomic E-state index is 0.00472. The molecule has 2 unspecified atom stereocenters. The first kappa shape index (κ1) is 16.1. The summed E-state index contributed by atoms with van der Waals surface area (Å²) in [6, 6.07) is 5.80. The largest absolute Gasteiger partial charge is 0.470 e. The molecule has 0 radical (unpaired) electrons. The standard InChI is InChI=1S/C13H11Cl3N2O3/c1-2-9-7-11(21-12(17-9)13(14,15)16)8-3-5-10(6-4-8)18(19)20/h2-6,9,11H,1,7H2. The third kappa shape index (κ3) is 3.87. The molecule has 0 aliphatic carbocycles. The second-order valence-electron chi connectivity index (χ2n) is 4.43. The minimum Gasteiger partial charge on any atom is -0.470 e. The van der Waals surface area contributed by atoms with Crippen molar-refractivity contribution < 1.29 is 9.66 Å². The zero-order valence-corrected chi connectivity index (χ0v) is 13.0. The molecule has 1 aliphatic rings.